The van der Waals surface area contributed by atoms with Gasteiger partial charge in [-0.3, -0.25) is 0 Å². The van der Waals surface area contributed by atoms with Crippen molar-refractivity contribution < 1.29 is 23.8 Å². The minimum absolute atomic E-state index is 0.182. The average Bonchev–Trinajstić information content (AvgIpc) is 3.05. The maximum Gasteiger partial charge on any atom is 0.410 e. The number of esters is 1. The number of carbonyl (C=O) groups is 2. The van der Waals surface area contributed by atoms with Crippen LogP contribution in [0.5, 0.6) is 0 Å². The van der Waals surface area contributed by atoms with Gasteiger partial charge in [0.1, 0.15) is 11.4 Å². The molecule has 1 aromatic heterocycles. The van der Waals surface area contributed by atoms with Gasteiger partial charge in [-0.2, -0.15) is 0 Å². The number of methoxy groups -OCH3 is 1. The van der Waals surface area contributed by atoms with Crippen LogP contribution >= 0.6 is 0 Å². The Bertz CT molecular complexity index is 981. The average molecular weight is 444 g/mol. The minimum Gasteiger partial charge on any atom is -0.465 e. The van der Waals surface area contributed by atoms with Crippen LogP contribution in [0.2, 0.25) is 0 Å². The molecule has 0 radical (unpaired) electrons. The lowest BCUT2D eigenvalue weighted by Crippen LogP contribution is -2.42. The number of nitrogens with zero attached hydrogens (tertiary/aromatic N) is 3. The lowest BCUT2D eigenvalue weighted by Gasteiger charge is -2.33. The summed E-state index contributed by atoms with van der Waals surface area (Å²) in [5.41, 5.74) is 1.85. The zero-order valence-corrected chi connectivity index (χ0v) is 19.4. The van der Waals surface area contributed by atoms with E-state index in [2.05, 4.69) is 4.57 Å². The monoisotopic (exact) mass is 443 g/mol. The second kappa shape index (κ2) is 9.10. The Labute approximate surface area is 188 Å². The van der Waals surface area contributed by atoms with Gasteiger partial charge in [0.15, 0.2) is 0 Å². The first-order valence-electron chi connectivity index (χ1n) is 11.4. The van der Waals surface area contributed by atoms with Gasteiger partial charge in [-0.1, -0.05) is 0 Å². The highest BCUT2D eigenvalue weighted by molar-refractivity contribution is 5.93. The first-order chi connectivity index (χ1) is 15.2. The summed E-state index contributed by atoms with van der Waals surface area (Å²) in [7, 11) is 1.39. The number of amides is 1. The van der Waals surface area contributed by atoms with E-state index < -0.39 is 5.60 Å². The van der Waals surface area contributed by atoms with E-state index in [9.17, 15) is 9.59 Å². The molecule has 1 aromatic carbocycles. The second-order valence-electron chi connectivity index (χ2n) is 9.73. The minimum atomic E-state index is -0.481. The molecule has 174 valence electrons. The van der Waals surface area contributed by atoms with Crippen LogP contribution in [0.25, 0.3) is 11.0 Å². The molecule has 2 aliphatic rings. The Morgan fingerprint density at radius 3 is 2.50 bits per heavy atom. The number of aromatic nitrogens is 2. The molecule has 3 heterocycles. The summed E-state index contributed by atoms with van der Waals surface area (Å²) in [6.45, 7) is 8.57. The molecule has 8 nitrogen and oxygen atoms in total. The Morgan fingerprint density at radius 2 is 1.91 bits per heavy atom. The lowest BCUT2D eigenvalue weighted by molar-refractivity contribution is -0.0591. The summed E-state index contributed by atoms with van der Waals surface area (Å²) in [4.78, 5) is 31.1. The number of imidazole rings is 1. The smallest absolute Gasteiger partial charge is 0.410 e. The highest BCUT2D eigenvalue weighted by Crippen LogP contribution is 2.27. The summed E-state index contributed by atoms with van der Waals surface area (Å²) in [5.74, 6) is 1.09. The van der Waals surface area contributed by atoms with Gasteiger partial charge in [-0.25, -0.2) is 14.6 Å². The maximum atomic E-state index is 12.4. The Balaban J connectivity index is 1.49. The van der Waals surface area contributed by atoms with E-state index in [-0.39, 0.29) is 18.2 Å². The molecular formula is C24H33N3O5. The molecule has 0 bridgehead atoms. The fraction of sp³-hybridized carbons (Fsp3) is 0.625. The molecule has 0 N–H and O–H groups in total. The molecule has 0 unspecified atom stereocenters. The first-order valence-corrected chi connectivity index (χ1v) is 11.4. The zero-order chi connectivity index (χ0) is 22.9. The second-order valence-corrected chi connectivity index (χ2v) is 9.73. The topological polar surface area (TPSA) is 82.9 Å². The van der Waals surface area contributed by atoms with Crippen molar-refractivity contribution in [3.05, 3.63) is 29.6 Å². The van der Waals surface area contributed by atoms with Gasteiger partial charge < -0.3 is 23.7 Å². The summed E-state index contributed by atoms with van der Waals surface area (Å²) in [6, 6.07) is 5.50. The molecular weight excluding hydrogens is 410 g/mol. The number of hydrogen-bond donors (Lipinski definition) is 0. The fourth-order valence-corrected chi connectivity index (χ4v) is 4.31. The summed E-state index contributed by atoms with van der Waals surface area (Å²) >= 11 is 0. The third-order valence-electron chi connectivity index (χ3n) is 6.17. The van der Waals surface area contributed by atoms with Crippen molar-refractivity contribution >= 4 is 23.1 Å². The molecule has 0 aliphatic carbocycles. The molecule has 1 atom stereocenters. The molecule has 4 rings (SSSR count). The summed E-state index contributed by atoms with van der Waals surface area (Å²) in [5, 5.41) is 0. The summed E-state index contributed by atoms with van der Waals surface area (Å²) in [6.07, 6.45) is 3.63. The number of rotatable bonds is 5. The Morgan fingerprint density at radius 1 is 1.19 bits per heavy atom. The van der Waals surface area contributed by atoms with Gasteiger partial charge in [0.25, 0.3) is 0 Å². The molecule has 2 aromatic rings. The van der Waals surface area contributed by atoms with Gasteiger partial charge in [0, 0.05) is 26.1 Å². The van der Waals surface area contributed by atoms with Gasteiger partial charge >= 0.3 is 12.1 Å². The normalized spacial score (nSPS) is 19.6. The van der Waals surface area contributed by atoms with E-state index >= 15 is 0 Å². The van der Waals surface area contributed by atoms with Gasteiger partial charge in [-0.15, -0.1) is 0 Å². The number of benzene rings is 1. The highest BCUT2D eigenvalue weighted by atomic mass is 16.6. The van der Waals surface area contributed by atoms with Crippen LogP contribution in [-0.2, 0) is 27.2 Å². The highest BCUT2D eigenvalue weighted by Gasteiger charge is 2.29. The van der Waals surface area contributed by atoms with Crippen molar-refractivity contribution in [1.29, 1.82) is 0 Å². The van der Waals surface area contributed by atoms with E-state index in [1.54, 1.807) is 11.0 Å². The van der Waals surface area contributed by atoms with Crippen molar-refractivity contribution in [2.45, 2.75) is 64.7 Å². The standard InChI is InChI=1S/C24H33N3O5/c1-24(2,3)32-23(29)26-10-7-16(8-11-26)13-21-25-19-6-5-17(22(28)30-4)14-20(19)27(21)15-18-9-12-31-18/h5-6,14,16,18H,7-13,15H2,1-4H3/t18-/m0/s1. The van der Waals surface area contributed by atoms with Crippen LogP contribution in [0.3, 0.4) is 0 Å². The van der Waals surface area contributed by atoms with Crippen LogP contribution in [0.15, 0.2) is 18.2 Å². The van der Waals surface area contributed by atoms with E-state index in [4.69, 9.17) is 19.2 Å². The van der Waals surface area contributed by atoms with Crippen molar-refractivity contribution in [2.75, 3.05) is 26.8 Å². The van der Waals surface area contributed by atoms with Crippen LogP contribution in [-0.4, -0.2) is 65.0 Å². The lowest BCUT2D eigenvalue weighted by atomic mass is 9.93. The Kier molecular flexibility index (Phi) is 6.42. The van der Waals surface area contributed by atoms with Crippen molar-refractivity contribution in [3.8, 4) is 0 Å². The molecule has 2 fully saturated rings. The molecule has 32 heavy (non-hydrogen) atoms. The number of hydrogen-bond acceptors (Lipinski definition) is 6. The first kappa shape index (κ1) is 22.6. The molecule has 0 saturated carbocycles. The molecule has 2 saturated heterocycles. The fourth-order valence-electron chi connectivity index (χ4n) is 4.31. The van der Waals surface area contributed by atoms with Crippen LogP contribution in [0.1, 0.15) is 56.2 Å². The third kappa shape index (κ3) is 5.06. The van der Waals surface area contributed by atoms with Crippen LogP contribution < -0.4 is 0 Å². The van der Waals surface area contributed by atoms with Crippen molar-refractivity contribution in [2.24, 2.45) is 5.92 Å². The van der Waals surface area contributed by atoms with E-state index in [0.717, 1.165) is 55.7 Å². The number of carbonyl (C=O) groups excluding carboxylic acids is 2. The molecule has 8 heteroatoms. The van der Waals surface area contributed by atoms with Crippen LogP contribution in [0, 0.1) is 5.92 Å². The van der Waals surface area contributed by atoms with Gasteiger partial charge in [0.05, 0.1) is 36.4 Å². The predicted molar refractivity (Wildman–Crippen MR) is 120 cm³/mol. The predicted octanol–water partition coefficient (Wildman–Crippen LogP) is 3.80. The van der Waals surface area contributed by atoms with E-state index in [1.165, 1.54) is 7.11 Å². The number of piperidine rings is 1. The van der Waals surface area contributed by atoms with Crippen LogP contribution in [0.4, 0.5) is 4.79 Å². The van der Waals surface area contributed by atoms with Crippen molar-refractivity contribution in [3.63, 3.8) is 0 Å². The molecule has 2 aliphatic heterocycles. The number of likely N-dealkylation sites (tertiary alicyclic amines) is 1. The zero-order valence-electron chi connectivity index (χ0n) is 19.4. The molecule has 0 spiro atoms. The molecule has 1 amide bonds. The van der Waals surface area contributed by atoms with E-state index in [0.29, 0.717) is 24.6 Å². The number of ether oxygens (including phenoxy) is 3. The third-order valence-corrected chi connectivity index (χ3v) is 6.17. The van der Waals surface area contributed by atoms with E-state index in [1.807, 2.05) is 32.9 Å². The van der Waals surface area contributed by atoms with Gasteiger partial charge in [0.2, 0.25) is 0 Å². The van der Waals surface area contributed by atoms with Crippen molar-refractivity contribution in [1.82, 2.24) is 14.5 Å². The summed E-state index contributed by atoms with van der Waals surface area (Å²) < 4.78 is 18.3. The number of fused-ring (bicyclic) bond motifs is 1. The Hall–Kier alpha value is -2.61. The largest absolute Gasteiger partial charge is 0.465 e. The maximum absolute atomic E-state index is 12.4. The quantitative estimate of drug-likeness (QED) is 0.654. The SMILES string of the molecule is COC(=O)c1ccc2nc(CC3CCN(C(=O)OC(C)(C)C)CC3)n(C[C@@H]3CCO3)c2c1. The van der Waals surface area contributed by atoms with Gasteiger partial charge in [-0.05, 0) is 64.2 Å².